The van der Waals surface area contributed by atoms with Gasteiger partial charge in [-0.25, -0.2) is 4.98 Å². The summed E-state index contributed by atoms with van der Waals surface area (Å²) in [5, 5.41) is 6.36. The molecule has 0 saturated carbocycles. The zero-order valence-corrected chi connectivity index (χ0v) is 11.1. The molecule has 6 nitrogen and oxygen atoms in total. The molecule has 2 N–H and O–H groups in total. The summed E-state index contributed by atoms with van der Waals surface area (Å²) in [6.45, 7) is 2.25. The van der Waals surface area contributed by atoms with Gasteiger partial charge in [-0.1, -0.05) is 4.49 Å². The second-order valence-corrected chi connectivity index (χ2v) is 5.52. The first-order valence-corrected chi connectivity index (χ1v) is 6.82. The van der Waals surface area contributed by atoms with Crippen LogP contribution in [-0.4, -0.2) is 19.1 Å². The van der Waals surface area contributed by atoms with Crippen LogP contribution >= 0.6 is 22.9 Å². The number of hydrogen-bond acceptors (Lipinski definition) is 7. The van der Waals surface area contributed by atoms with Gasteiger partial charge < -0.3 is 5.73 Å². The molecule has 3 rings (SSSR count). The number of thiophene rings is 1. The number of aryl methyl sites for hydroxylation is 1. The monoisotopic (exact) mass is 279 g/mol. The Labute approximate surface area is 110 Å². The Hall–Kier alpha value is -1.80. The molecule has 92 valence electrons. The smallest absolute Gasteiger partial charge is 0.271 e. The Bertz CT molecular complexity index is 772. The van der Waals surface area contributed by atoms with Crippen LogP contribution in [0.15, 0.2) is 16.5 Å². The van der Waals surface area contributed by atoms with E-state index >= 15 is 0 Å². The van der Waals surface area contributed by atoms with Crippen LogP contribution < -0.4 is 11.3 Å². The van der Waals surface area contributed by atoms with Crippen molar-refractivity contribution in [3.63, 3.8) is 0 Å². The summed E-state index contributed by atoms with van der Waals surface area (Å²) < 4.78 is 5.92. The average Bonchev–Trinajstić information content (AvgIpc) is 2.91. The molecule has 0 aliphatic heterocycles. The SMILES string of the molecule is Cc1csc2c(=O)n(Cc3nnsc3N)cnc12. The molecule has 0 aliphatic carbocycles. The van der Waals surface area contributed by atoms with Gasteiger partial charge in [-0.3, -0.25) is 9.36 Å². The van der Waals surface area contributed by atoms with Crippen molar-refractivity contribution in [3.8, 4) is 0 Å². The highest BCUT2D eigenvalue weighted by atomic mass is 32.1. The Kier molecular flexibility index (Phi) is 2.60. The third-order valence-electron chi connectivity index (χ3n) is 2.63. The number of anilines is 1. The standard InChI is InChI=1S/C10H9N5OS2/c1-5-3-17-8-7(5)12-4-15(10(8)16)2-6-9(11)18-14-13-6/h3-4H,2,11H2,1H3. The molecule has 0 bridgehead atoms. The van der Waals surface area contributed by atoms with Crippen LogP contribution in [0.3, 0.4) is 0 Å². The van der Waals surface area contributed by atoms with E-state index in [0.717, 1.165) is 22.6 Å². The van der Waals surface area contributed by atoms with E-state index in [0.29, 0.717) is 21.9 Å². The van der Waals surface area contributed by atoms with Gasteiger partial charge >= 0.3 is 0 Å². The highest BCUT2D eigenvalue weighted by Gasteiger charge is 2.11. The van der Waals surface area contributed by atoms with Gasteiger partial charge in [0.05, 0.1) is 18.4 Å². The lowest BCUT2D eigenvalue weighted by Gasteiger charge is -2.02. The van der Waals surface area contributed by atoms with Crippen molar-refractivity contribution in [2.75, 3.05) is 5.73 Å². The molecule has 0 spiro atoms. The molecule has 3 aromatic heterocycles. The second-order valence-electron chi connectivity index (χ2n) is 3.86. The third-order valence-corrected chi connectivity index (χ3v) is 4.30. The minimum atomic E-state index is -0.0644. The lowest BCUT2D eigenvalue weighted by Crippen LogP contribution is -2.20. The first-order valence-electron chi connectivity index (χ1n) is 5.16. The van der Waals surface area contributed by atoms with Gasteiger partial charge in [0.25, 0.3) is 5.56 Å². The molecule has 0 saturated heterocycles. The first kappa shape index (κ1) is 11.3. The predicted octanol–water partition coefficient (Wildman–Crippen LogP) is 1.25. The zero-order valence-electron chi connectivity index (χ0n) is 9.45. The highest BCUT2D eigenvalue weighted by molar-refractivity contribution is 7.17. The second kappa shape index (κ2) is 4.14. The number of aromatic nitrogens is 4. The molecule has 0 unspecified atom stereocenters. The molecule has 0 aliphatic rings. The Morgan fingerprint density at radius 3 is 3.06 bits per heavy atom. The van der Waals surface area contributed by atoms with E-state index in [1.54, 1.807) is 0 Å². The molecule has 0 fully saturated rings. The average molecular weight is 279 g/mol. The minimum Gasteiger partial charge on any atom is -0.388 e. The number of nitrogen functional groups attached to an aromatic ring is 1. The summed E-state index contributed by atoms with van der Waals surface area (Å²) in [5.74, 6) is 0. The fraction of sp³-hybridized carbons (Fsp3) is 0.200. The van der Waals surface area contributed by atoms with Crippen LogP contribution in [0.25, 0.3) is 10.2 Å². The number of rotatable bonds is 2. The molecular weight excluding hydrogens is 270 g/mol. The summed E-state index contributed by atoms with van der Waals surface area (Å²) in [4.78, 5) is 16.5. The van der Waals surface area contributed by atoms with Gasteiger partial charge in [0, 0.05) is 11.5 Å². The van der Waals surface area contributed by atoms with Gasteiger partial charge in [0.15, 0.2) is 0 Å². The number of hydrogen-bond donors (Lipinski definition) is 1. The molecule has 0 atom stereocenters. The third kappa shape index (κ3) is 1.70. The van der Waals surface area contributed by atoms with Crippen LogP contribution in [0.5, 0.6) is 0 Å². The number of nitrogens with zero attached hydrogens (tertiary/aromatic N) is 4. The zero-order chi connectivity index (χ0) is 12.7. The fourth-order valence-electron chi connectivity index (χ4n) is 1.66. The topological polar surface area (TPSA) is 86.7 Å². The van der Waals surface area contributed by atoms with Crippen LogP contribution in [0.2, 0.25) is 0 Å². The maximum atomic E-state index is 12.2. The van der Waals surface area contributed by atoms with E-state index in [-0.39, 0.29) is 5.56 Å². The lowest BCUT2D eigenvalue weighted by molar-refractivity contribution is 0.729. The van der Waals surface area contributed by atoms with Crippen molar-refractivity contribution in [1.29, 1.82) is 0 Å². The molecule has 8 heteroatoms. The maximum Gasteiger partial charge on any atom is 0.271 e. The van der Waals surface area contributed by atoms with E-state index in [9.17, 15) is 4.79 Å². The summed E-state index contributed by atoms with van der Waals surface area (Å²) in [6.07, 6.45) is 1.53. The molecular formula is C10H9N5OS2. The molecule has 0 amide bonds. The highest BCUT2D eigenvalue weighted by Crippen LogP contribution is 2.20. The van der Waals surface area contributed by atoms with Gasteiger partial charge in [-0.15, -0.1) is 16.4 Å². The van der Waals surface area contributed by atoms with Crippen LogP contribution in [0, 0.1) is 6.92 Å². The lowest BCUT2D eigenvalue weighted by atomic mass is 10.3. The molecule has 0 aromatic carbocycles. The van der Waals surface area contributed by atoms with Crippen molar-refractivity contribution in [1.82, 2.24) is 19.1 Å². The van der Waals surface area contributed by atoms with Crippen molar-refractivity contribution in [2.45, 2.75) is 13.5 Å². The van der Waals surface area contributed by atoms with Gasteiger partial charge in [-0.2, -0.15) is 0 Å². The maximum absolute atomic E-state index is 12.2. The van der Waals surface area contributed by atoms with Gasteiger partial charge in [0.1, 0.15) is 15.4 Å². The predicted molar refractivity (Wildman–Crippen MR) is 72.0 cm³/mol. The van der Waals surface area contributed by atoms with Crippen molar-refractivity contribution >= 4 is 38.1 Å². The molecule has 3 heterocycles. The molecule has 3 aromatic rings. The summed E-state index contributed by atoms with van der Waals surface area (Å²) >= 11 is 2.53. The number of fused-ring (bicyclic) bond motifs is 1. The van der Waals surface area contributed by atoms with E-state index in [4.69, 9.17) is 5.73 Å². The fourth-order valence-corrected chi connectivity index (χ4v) is 3.05. The summed E-state index contributed by atoms with van der Waals surface area (Å²) in [5.41, 5.74) is 8.05. The number of nitrogens with two attached hydrogens (primary N) is 1. The Balaban J connectivity index is 2.11. The van der Waals surface area contributed by atoms with E-state index in [2.05, 4.69) is 14.6 Å². The minimum absolute atomic E-state index is 0.0644. The largest absolute Gasteiger partial charge is 0.388 e. The van der Waals surface area contributed by atoms with Crippen LogP contribution in [0.4, 0.5) is 5.00 Å². The quantitative estimate of drug-likeness (QED) is 0.763. The Morgan fingerprint density at radius 1 is 1.50 bits per heavy atom. The van der Waals surface area contributed by atoms with E-state index < -0.39 is 0 Å². The van der Waals surface area contributed by atoms with Crippen LogP contribution in [0.1, 0.15) is 11.3 Å². The van der Waals surface area contributed by atoms with Crippen molar-refractivity contribution in [3.05, 3.63) is 33.3 Å². The summed E-state index contributed by atoms with van der Waals surface area (Å²) in [6, 6.07) is 0. The summed E-state index contributed by atoms with van der Waals surface area (Å²) in [7, 11) is 0. The van der Waals surface area contributed by atoms with Crippen molar-refractivity contribution in [2.24, 2.45) is 0 Å². The van der Waals surface area contributed by atoms with E-state index in [1.165, 1.54) is 22.2 Å². The van der Waals surface area contributed by atoms with Crippen molar-refractivity contribution < 1.29 is 0 Å². The first-order chi connectivity index (χ1) is 8.66. The normalized spacial score (nSPS) is 11.2. The molecule has 0 radical (unpaired) electrons. The van der Waals surface area contributed by atoms with E-state index in [1.807, 2.05) is 12.3 Å². The molecule has 18 heavy (non-hydrogen) atoms. The van der Waals surface area contributed by atoms with Gasteiger partial charge in [0.2, 0.25) is 0 Å². The van der Waals surface area contributed by atoms with Crippen LogP contribution in [-0.2, 0) is 6.54 Å². The Morgan fingerprint density at radius 2 is 2.33 bits per heavy atom. The van der Waals surface area contributed by atoms with Gasteiger partial charge in [-0.05, 0) is 17.9 Å².